The molecule has 0 bridgehead atoms. The monoisotopic (exact) mass is 768 g/mol. The maximum Gasteiger partial charge on any atom is 0.167 e. The molecule has 0 radical (unpaired) electrons. The van der Waals surface area contributed by atoms with Gasteiger partial charge in [-0.15, -0.1) is 0 Å². The molecule has 9 aromatic carbocycles. The first-order chi connectivity index (χ1) is 29.7. The lowest BCUT2D eigenvalue weighted by atomic mass is 9.94. The van der Waals surface area contributed by atoms with Gasteiger partial charge in [0.05, 0.1) is 5.56 Å². The van der Waals surface area contributed by atoms with Crippen molar-refractivity contribution in [2.24, 2.45) is 0 Å². The largest absolute Gasteiger partial charge is 0.455 e. The number of furan rings is 1. The summed E-state index contributed by atoms with van der Waals surface area (Å²) in [5, 5.41) is 4.30. The Balaban J connectivity index is 1.06. The van der Waals surface area contributed by atoms with E-state index in [0.29, 0.717) is 17.5 Å². The van der Waals surface area contributed by atoms with Crippen molar-refractivity contribution < 1.29 is 4.42 Å². The molecule has 0 aliphatic heterocycles. The van der Waals surface area contributed by atoms with Crippen LogP contribution in [0.2, 0.25) is 0 Å². The lowest BCUT2D eigenvalue weighted by molar-refractivity contribution is 0.671. The summed E-state index contributed by atoms with van der Waals surface area (Å²) in [5.74, 6) is 1.77. The van der Waals surface area contributed by atoms with Crippen LogP contribution < -0.4 is 4.90 Å². The molecular formula is C55H36N4O. The maximum atomic E-state index is 7.08. The standard InChI is InChI=1S/C55H36N4O/c1-5-16-37(17-6-1)38-28-32-44(33-29-38)59(43-23-11-4-12-24-43)45-34-30-39(31-35-45)50-46-25-14-13-22-42(46)36-49-47-26-15-27-48(51(47)60-52(49)50)55-57-53(40-18-7-2-8-19-40)56-54(58-55)41-20-9-3-10-21-41/h1-36H. The molecule has 0 atom stereocenters. The fourth-order valence-electron chi connectivity index (χ4n) is 8.22. The summed E-state index contributed by atoms with van der Waals surface area (Å²) in [5.41, 5.74) is 11.9. The predicted molar refractivity (Wildman–Crippen MR) is 246 cm³/mol. The van der Waals surface area contributed by atoms with Crippen molar-refractivity contribution in [1.82, 2.24) is 15.0 Å². The Bertz CT molecular complexity index is 3220. The van der Waals surface area contributed by atoms with E-state index in [1.54, 1.807) is 0 Å². The highest BCUT2D eigenvalue weighted by atomic mass is 16.3. The zero-order chi connectivity index (χ0) is 39.8. The Labute approximate surface area is 347 Å². The van der Waals surface area contributed by atoms with Gasteiger partial charge in [-0.1, -0.05) is 170 Å². The molecule has 2 aromatic heterocycles. The molecule has 0 saturated carbocycles. The van der Waals surface area contributed by atoms with Gasteiger partial charge in [-0.25, -0.2) is 15.0 Å². The van der Waals surface area contributed by atoms with Crippen LogP contribution in [0.5, 0.6) is 0 Å². The lowest BCUT2D eigenvalue weighted by Crippen LogP contribution is -2.09. The summed E-state index contributed by atoms with van der Waals surface area (Å²) in [4.78, 5) is 17.4. The fraction of sp³-hybridized carbons (Fsp3) is 0. The van der Waals surface area contributed by atoms with Crippen molar-refractivity contribution >= 4 is 49.8 Å². The molecule has 5 heteroatoms. The van der Waals surface area contributed by atoms with E-state index in [4.69, 9.17) is 19.4 Å². The van der Waals surface area contributed by atoms with Crippen molar-refractivity contribution in [3.8, 4) is 56.4 Å². The van der Waals surface area contributed by atoms with Crippen LogP contribution in [0.4, 0.5) is 17.1 Å². The molecule has 282 valence electrons. The Morgan fingerprint density at radius 2 is 0.783 bits per heavy atom. The summed E-state index contributed by atoms with van der Waals surface area (Å²) >= 11 is 0. The second-order valence-electron chi connectivity index (χ2n) is 14.8. The summed E-state index contributed by atoms with van der Waals surface area (Å²) < 4.78 is 7.08. The van der Waals surface area contributed by atoms with E-state index in [0.717, 1.165) is 77.6 Å². The van der Waals surface area contributed by atoms with Crippen LogP contribution in [0.15, 0.2) is 223 Å². The van der Waals surface area contributed by atoms with Crippen molar-refractivity contribution in [2.45, 2.75) is 0 Å². The summed E-state index contributed by atoms with van der Waals surface area (Å²) in [6.45, 7) is 0. The van der Waals surface area contributed by atoms with Crippen LogP contribution in [0.1, 0.15) is 0 Å². The molecule has 0 fully saturated rings. The maximum absolute atomic E-state index is 7.08. The molecule has 11 rings (SSSR count). The molecule has 0 unspecified atom stereocenters. The first kappa shape index (κ1) is 35.0. The number of benzene rings is 9. The minimum atomic E-state index is 0.556. The molecule has 0 aliphatic carbocycles. The second kappa shape index (κ2) is 15.0. The highest BCUT2D eigenvalue weighted by molar-refractivity contribution is 6.19. The van der Waals surface area contributed by atoms with Gasteiger partial charge in [0, 0.05) is 44.5 Å². The summed E-state index contributed by atoms with van der Waals surface area (Å²) in [6, 6.07) is 75.8. The van der Waals surface area contributed by atoms with E-state index in [9.17, 15) is 0 Å². The smallest absolute Gasteiger partial charge is 0.167 e. The van der Waals surface area contributed by atoms with Crippen LogP contribution in [-0.2, 0) is 0 Å². The first-order valence-electron chi connectivity index (χ1n) is 20.1. The molecule has 0 saturated heterocycles. The number of nitrogens with zero attached hydrogens (tertiary/aromatic N) is 4. The number of hydrogen-bond acceptors (Lipinski definition) is 5. The third-order valence-electron chi connectivity index (χ3n) is 11.1. The van der Waals surface area contributed by atoms with E-state index in [1.807, 2.05) is 72.8 Å². The third kappa shape index (κ3) is 6.35. The number of aromatic nitrogens is 3. The van der Waals surface area contributed by atoms with E-state index in [-0.39, 0.29) is 0 Å². The highest BCUT2D eigenvalue weighted by Gasteiger charge is 2.22. The molecule has 11 aromatic rings. The van der Waals surface area contributed by atoms with Gasteiger partial charge in [-0.05, 0) is 76.0 Å². The van der Waals surface area contributed by atoms with Gasteiger partial charge in [-0.2, -0.15) is 0 Å². The second-order valence-corrected chi connectivity index (χ2v) is 14.8. The number of anilines is 3. The van der Waals surface area contributed by atoms with E-state index < -0.39 is 0 Å². The topological polar surface area (TPSA) is 55.1 Å². The molecule has 0 spiro atoms. The Hall–Kier alpha value is -8.15. The Morgan fingerprint density at radius 1 is 0.317 bits per heavy atom. The van der Waals surface area contributed by atoms with Crippen LogP contribution >= 0.6 is 0 Å². The normalized spacial score (nSPS) is 11.3. The van der Waals surface area contributed by atoms with Crippen molar-refractivity contribution in [1.29, 1.82) is 0 Å². The Kier molecular flexibility index (Phi) is 8.75. The third-order valence-corrected chi connectivity index (χ3v) is 11.1. The van der Waals surface area contributed by atoms with Crippen LogP contribution in [-0.4, -0.2) is 15.0 Å². The van der Waals surface area contributed by atoms with E-state index >= 15 is 0 Å². The van der Waals surface area contributed by atoms with Crippen molar-refractivity contribution in [3.05, 3.63) is 218 Å². The lowest BCUT2D eigenvalue weighted by Gasteiger charge is -2.26. The molecule has 0 N–H and O–H groups in total. The molecule has 0 amide bonds. The number of para-hydroxylation sites is 2. The van der Waals surface area contributed by atoms with Gasteiger partial charge in [0.15, 0.2) is 17.5 Å². The zero-order valence-corrected chi connectivity index (χ0v) is 32.5. The van der Waals surface area contributed by atoms with Gasteiger partial charge in [0.1, 0.15) is 11.2 Å². The van der Waals surface area contributed by atoms with E-state index in [2.05, 4.69) is 150 Å². The van der Waals surface area contributed by atoms with Crippen LogP contribution in [0, 0.1) is 0 Å². The molecule has 5 nitrogen and oxygen atoms in total. The fourth-order valence-corrected chi connectivity index (χ4v) is 8.22. The van der Waals surface area contributed by atoms with Gasteiger partial charge >= 0.3 is 0 Å². The first-order valence-corrected chi connectivity index (χ1v) is 20.1. The minimum Gasteiger partial charge on any atom is -0.455 e. The number of hydrogen-bond donors (Lipinski definition) is 0. The van der Waals surface area contributed by atoms with Gasteiger partial charge in [0.2, 0.25) is 0 Å². The van der Waals surface area contributed by atoms with Gasteiger partial charge in [-0.3, -0.25) is 0 Å². The highest BCUT2D eigenvalue weighted by Crippen LogP contribution is 2.44. The number of fused-ring (bicyclic) bond motifs is 4. The Morgan fingerprint density at radius 3 is 1.40 bits per heavy atom. The summed E-state index contributed by atoms with van der Waals surface area (Å²) in [6.07, 6.45) is 0. The average molecular weight is 769 g/mol. The quantitative estimate of drug-likeness (QED) is 0.154. The molecule has 0 aliphatic rings. The van der Waals surface area contributed by atoms with E-state index in [1.165, 1.54) is 11.1 Å². The van der Waals surface area contributed by atoms with Crippen molar-refractivity contribution in [3.63, 3.8) is 0 Å². The van der Waals surface area contributed by atoms with Crippen LogP contribution in [0.25, 0.3) is 89.1 Å². The SMILES string of the molecule is c1ccc(-c2ccc(N(c3ccccc3)c3ccc(-c4c5ccccc5cc5c4oc4c(-c6nc(-c7ccccc7)nc(-c7ccccc7)n6)cccc45)cc3)cc2)cc1. The minimum absolute atomic E-state index is 0.556. The zero-order valence-electron chi connectivity index (χ0n) is 32.5. The number of rotatable bonds is 8. The van der Waals surface area contributed by atoms with Crippen LogP contribution in [0.3, 0.4) is 0 Å². The average Bonchev–Trinajstić information content (AvgIpc) is 3.70. The van der Waals surface area contributed by atoms with Gasteiger partial charge in [0.25, 0.3) is 0 Å². The predicted octanol–water partition coefficient (Wildman–Crippen LogP) is 14.7. The van der Waals surface area contributed by atoms with Crippen molar-refractivity contribution in [2.75, 3.05) is 4.90 Å². The molecule has 60 heavy (non-hydrogen) atoms. The van der Waals surface area contributed by atoms with Gasteiger partial charge < -0.3 is 9.32 Å². The molecule has 2 heterocycles. The summed E-state index contributed by atoms with van der Waals surface area (Å²) in [7, 11) is 0. The molecular weight excluding hydrogens is 733 g/mol.